The molecule has 0 aliphatic heterocycles. The summed E-state index contributed by atoms with van der Waals surface area (Å²) in [6.45, 7) is 1.80. The maximum Gasteiger partial charge on any atom is 0.261 e. The van der Waals surface area contributed by atoms with E-state index in [1.165, 1.54) is 32.5 Å². The molecule has 2 heterocycles. The summed E-state index contributed by atoms with van der Waals surface area (Å²) in [4.78, 5) is 21.7. The topological polar surface area (TPSA) is 103 Å². The molecule has 0 saturated carbocycles. The summed E-state index contributed by atoms with van der Waals surface area (Å²) < 4.78 is 31.7. The van der Waals surface area contributed by atoms with E-state index in [1.54, 1.807) is 31.3 Å². The number of aromatic nitrogens is 2. The Kier molecular flexibility index (Phi) is 7.31. The number of carbonyl (C=O) groups is 1. The molecule has 1 aliphatic rings. The van der Waals surface area contributed by atoms with Crippen molar-refractivity contribution in [2.75, 3.05) is 19.5 Å². The molecule has 2 aromatic heterocycles. The quantitative estimate of drug-likeness (QED) is 0.271. The van der Waals surface area contributed by atoms with Crippen molar-refractivity contribution in [2.45, 2.75) is 32.6 Å². The number of allylic oxidation sites excluding steroid dienone is 2. The van der Waals surface area contributed by atoms with E-state index in [2.05, 4.69) is 21.4 Å². The number of nitrogens with zero attached hydrogens (tertiary/aromatic N) is 2. The fourth-order valence-electron chi connectivity index (χ4n) is 4.72. The number of anilines is 1. The van der Waals surface area contributed by atoms with E-state index >= 15 is 4.39 Å². The van der Waals surface area contributed by atoms with Crippen molar-refractivity contribution < 1.29 is 28.5 Å². The Bertz CT molecular complexity index is 1600. The molecule has 5 rings (SSSR count). The van der Waals surface area contributed by atoms with Gasteiger partial charge in [0.1, 0.15) is 17.1 Å². The summed E-state index contributed by atoms with van der Waals surface area (Å²) in [6, 6.07) is 9.14. The molecular formula is C30H28FN3O5. The molecule has 0 radical (unpaired) electrons. The van der Waals surface area contributed by atoms with Crippen LogP contribution in [0.5, 0.6) is 28.7 Å². The van der Waals surface area contributed by atoms with Crippen molar-refractivity contribution in [2.24, 2.45) is 0 Å². The Labute approximate surface area is 225 Å². The van der Waals surface area contributed by atoms with Crippen molar-refractivity contribution in [3.8, 4) is 28.7 Å². The van der Waals surface area contributed by atoms with Gasteiger partial charge in [0.05, 0.1) is 19.7 Å². The average Bonchev–Trinajstić information content (AvgIpc) is 2.94. The molecule has 9 heteroatoms. The lowest BCUT2D eigenvalue weighted by Crippen LogP contribution is -2.14. The van der Waals surface area contributed by atoms with Crippen molar-refractivity contribution in [1.82, 2.24) is 9.97 Å². The Morgan fingerprint density at radius 2 is 1.79 bits per heavy atom. The SMILES string of the molecule is COc1cc2nccc(Oc3ccc(NC(=O)c4cnc(C)c(C5=CCCCC5)c4O)cc3F)c2cc1OC. The number of aryl methyl sites for hydroxylation is 1. The van der Waals surface area contributed by atoms with Crippen LogP contribution in [0.4, 0.5) is 10.1 Å². The summed E-state index contributed by atoms with van der Waals surface area (Å²) in [5, 5.41) is 14.2. The minimum atomic E-state index is -0.683. The minimum absolute atomic E-state index is 0.0236. The van der Waals surface area contributed by atoms with Crippen LogP contribution in [0.1, 0.15) is 47.3 Å². The smallest absolute Gasteiger partial charge is 0.261 e. The molecule has 0 atom stereocenters. The van der Waals surface area contributed by atoms with E-state index in [4.69, 9.17) is 14.2 Å². The second-order valence-electron chi connectivity index (χ2n) is 9.19. The van der Waals surface area contributed by atoms with Gasteiger partial charge in [0.2, 0.25) is 0 Å². The third-order valence-corrected chi connectivity index (χ3v) is 6.71. The number of fused-ring (bicyclic) bond motifs is 1. The molecule has 0 bridgehead atoms. The van der Waals surface area contributed by atoms with Crippen LogP contribution in [0.15, 0.2) is 54.9 Å². The summed E-state index contributed by atoms with van der Waals surface area (Å²) in [6.07, 6.45) is 8.83. The highest BCUT2D eigenvalue weighted by Crippen LogP contribution is 2.38. The highest BCUT2D eigenvalue weighted by atomic mass is 19.1. The van der Waals surface area contributed by atoms with Crippen LogP contribution in [0.3, 0.4) is 0 Å². The lowest BCUT2D eigenvalue weighted by atomic mass is 9.91. The number of nitrogens with one attached hydrogen (secondary N) is 1. The Balaban J connectivity index is 1.38. The van der Waals surface area contributed by atoms with E-state index in [1.807, 2.05) is 0 Å². The van der Waals surface area contributed by atoms with Crippen molar-refractivity contribution in [3.63, 3.8) is 0 Å². The number of rotatable bonds is 7. The second kappa shape index (κ2) is 11.0. The fourth-order valence-corrected chi connectivity index (χ4v) is 4.72. The van der Waals surface area contributed by atoms with E-state index in [0.717, 1.165) is 37.3 Å². The maximum atomic E-state index is 15.1. The van der Waals surface area contributed by atoms with Crippen LogP contribution in [0.25, 0.3) is 16.5 Å². The van der Waals surface area contributed by atoms with Crippen molar-refractivity contribution in [1.29, 1.82) is 0 Å². The zero-order valence-corrected chi connectivity index (χ0v) is 21.9. The van der Waals surface area contributed by atoms with Gasteiger partial charge in [-0.05, 0) is 62.4 Å². The van der Waals surface area contributed by atoms with Gasteiger partial charge in [-0.3, -0.25) is 14.8 Å². The van der Waals surface area contributed by atoms with Gasteiger partial charge >= 0.3 is 0 Å². The standard InChI is InChI=1S/C30H28FN3O5/c1-17-28(18-7-5-4-6-8-18)29(35)21(16-33-17)30(36)34-19-9-10-25(22(31)13-19)39-24-11-12-32-23-15-27(38-3)26(37-2)14-20(23)24/h7,9-16H,4-6,8H2,1-3H3,(H,33,35)(H,34,36). The summed E-state index contributed by atoms with van der Waals surface area (Å²) in [7, 11) is 3.05. The van der Waals surface area contributed by atoms with Gasteiger partial charge in [0.25, 0.3) is 5.91 Å². The van der Waals surface area contributed by atoms with E-state index in [9.17, 15) is 9.90 Å². The number of aromatic hydroxyl groups is 1. The molecule has 0 spiro atoms. The van der Waals surface area contributed by atoms with Gasteiger partial charge in [-0.2, -0.15) is 0 Å². The molecule has 2 aromatic carbocycles. The average molecular weight is 530 g/mol. The molecule has 0 fully saturated rings. The number of benzene rings is 2. The van der Waals surface area contributed by atoms with E-state index in [-0.39, 0.29) is 22.7 Å². The molecular weight excluding hydrogens is 501 g/mol. The highest BCUT2D eigenvalue weighted by Gasteiger charge is 2.21. The zero-order chi connectivity index (χ0) is 27.5. The minimum Gasteiger partial charge on any atom is -0.506 e. The lowest BCUT2D eigenvalue weighted by molar-refractivity contribution is 0.102. The van der Waals surface area contributed by atoms with Crippen LogP contribution in [-0.2, 0) is 0 Å². The fraction of sp³-hybridized carbons (Fsp3) is 0.233. The number of ether oxygens (including phenoxy) is 3. The molecule has 1 amide bonds. The number of hydrogen-bond donors (Lipinski definition) is 2. The maximum absolute atomic E-state index is 15.1. The van der Waals surface area contributed by atoms with E-state index in [0.29, 0.717) is 39.4 Å². The number of hydrogen-bond acceptors (Lipinski definition) is 7. The van der Waals surface area contributed by atoms with Gasteiger partial charge in [-0.25, -0.2) is 4.39 Å². The molecule has 2 N–H and O–H groups in total. The normalized spacial score (nSPS) is 13.1. The van der Waals surface area contributed by atoms with Gasteiger partial charge in [0, 0.05) is 46.9 Å². The third kappa shape index (κ3) is 5.20. The van der Waals surface area contributed by atoms with Crippen LogP contribution < -0.4 is 19.5 Å². The van der Waals surface area contributed by atoms with Gasteiger partial charge < -0.3 is 24.6 Å². The predicted molar refractivity (Wildman–Crippen MR) is 146 cm³/mol. The van der Waals surface area contributed by atoms with Crippen LogP contribution >= 0.6 is 0 Å². The van der Waals surface area contributed by atoms with Crippen molar-refractivity contribution >= 4 is 28.1 Å². The largest absolute Gasteiger partial charge is 0.506 e. The first-order valence-electron chi connectivity index (χ1n) is 12.6. The number of pyridine rings is 2. The Morgan fingerprint density at radius 3 is 2.51 bits per heavy atom. The lowest BCUT2D eigenvalue weighted by Gasteiger charge is -2.18. The predicted octanol–water partition coefficient (Wildman–Crippen LogP) is 6.80. The molecule has 200 valence electrons. The summed E-state index contributed by atoms with van der Waals surface area (Å²) >= 11 is 0. The number of carbonyl (C=O) groups excluding carboxylic acids is 1. The highest BCUT2D eigenvalue weighted by molar-refractivity contribution is 6.07. The molecule has 0 unspecified atom stereocenters. The Morgan fingerprint density at radius 1 is 1.00 bits per heavy atom. The molecule has 4 aromatic rings. The Hall–Kier alpha value is -4.66. The zero-order valence-electron chi connectivity index (χ0n) is 21.9. The first kappa shape index (κ1) is 26.0. The molecule has 1 aliphatic carbocycles. The second-order valence-corrected chi connectivity index (χ2v) is 9.19. The molecule has 0 saturated heterocycles. The van der Waals surface area contributed by atoms with Crippen molar-refractivity contribution in [3.05, 3.63) is 77.5 Å². The first-order valence-corrected chi connectivity index (χ1v) is 12.6. The number of methoxy groups -OCH3 is 2. The van der Waals surface area contributed by atoms with Gasteiger partial charge in [0.15, 0.2) is 23.1 Å². The van der Waals surface area contributed by atoms with Gasteiger partial charge in [-0.15, -0.1) is 0 Å². The van der Waals surface area contributed by atoms with Crippen LogP contribution in [-0.4, -0.2) is 35.2 Å². The third-order valence-electron chi connectivity index (χ3n) is 6.71. The van der Waals surface area contributed by atoms with Crippen LogP contribution in [0.2, 0.25) is 0 Å². The molecule has 39 heavy (non-hydrogen) atoms. The summed E-state index contributed by atoms with van der Waals surface area (Å²) in [5.74, 6) is -0.0652. The number of amides is 1. The first-order chi connectivity index (χ1) is 18.9. The molecule has 8 nitrogen and oxygen atoms in total. The van der Waals surface area contributed by atoms with Gasteiger partial charge in [-0.1, -0.05) is 6.08 Å². The summed E-state index contributed by atoms with van der Waals surface area (Å²) in [5.41, 5.74) is 3.06. The van der Waals surface area contributed by atoms with E-state index < -0.39 is 11.7 Å². The number of halogens is 1. The van der Waals surface area contributed by atoms with Crippen LogP contribution in [0, 0.1) is 12.7 Å². The monoisotopic (exact) mass is 529 g/mol.